The first-order chi connectivity index (χ1) is 12.3. The Labute approximate surface area is 157 Å². The molecule has 1 atom stereocenters. The Kier molecular flexibility index (Phi) is 16.4. The number of hydrogen-bond acceptors (Lipinski definition) is 5. The second kappa shape index (κ2) is 16.7. The molecule has 0 radical (unpaired) electrons. The fourth-order valence-electron chi connectivity index (χ4n) is 2.60. The maximum Gasteiger partial charge on any atom is 0.469 e. The first kappa shape index (κ1) is 25.5. The third kappa shape index (κ3) is 19.9. The van der Waals surface area contributed by atoms with Gasteiger partial charge in [-0.15, -0.1) is 0 Å². The third-order valence-electron chi connectivity index (χ3n) is 4.11. The summed E-state index contributed by atoms with van der Waals surface area (Å²) in [6.45, 7) is 1.33. The first-order valence-corrected chi connectivity index (χ1v) is 11.4. The number of phosphoric ester groups is 1. The molecule has 0 unspecified atom stereocenters. The lowest BCUT2D eigenvalue weighted by atomic mass is 10.0. The molecule has 0 aromatic rings. The molecule has 0 aliphatic rings. The Balaban J connectivity index is 3.35. The van der Waals surface area contributed by atoms with E-state index in [1.165, 1.54) is 57.8 Å². The molecule has 0 rings (SSSR count). The summed E-state index contributed by atoms with van der Waals surface area (Å²) in [4.78, 5) is 28.5. The highest BCUT2D eigenvalue weighted by Crippen LogP contribution is 2.35. The number of esters is 1. The van der Waals surface area contributed by atoms with Crippen molar-refractivity contribution in [1.29, 1.82) is 0 Å². The van der Waals surface area contributed by atoms with Crippen molar-refractivity contribution in [3.63, 3.8) is 0 Å². The number of rotatable bonds is 18. The molecule has 8 heteroatoms. The number of phosphoric acid groups is 1. The summed E-state index contributed by atoms with van der Waals surface area (Å²) >= 11 is 0. The number of carbonyl (C=O) groups is 1. The molecule has 0 heterocycles. The van der Waals surface area contributed by atoms with Gasteiger partial charge in [-0.05, 0) is 6.42 Å². The van der Waals surface area contributed by atoms with Crippen LogP contribution in [-0.2, 0) is 18.6 Å². The van der Waals surface area contributed by atoms with E-state index in [1.807, 2.05) is 0 Å². The van der Waals surface area contributed by atoms with Gasteiger partial charge in [-0.3, -0.25) is 9.32 Å². The van der Waals surface area contributed by atoms with Crippen molar-refractivity contribution in [2.75, 3.05) is 13.2 Å². The van der Waals surface area contributed by atoms with Crippen LogP contribution in [0, 0.1) is 0 Å². The highest BCUT2D eigenvalue weighted by atomic mass is 31.2. The normalized spacial score (nSPS) is 12.9. The highest BCUT2D eigenvalue weighted by Gasteiger charge is 2.17. The van der Waals surface area contributed by atoms with Gasteiger partial charge >= 0.3 is 13.8 Å². The van der Waals surface area contributed by atoms with Crippen molar-refractivity contribution in [3.8, 4) is 0 Å². The Morgan fingerprint density at radius 3 is 1.77 bits per heavy atom. The van der Waals surface area contributed by atoms with Crippen LogP contribution in [0.15, 0.2) is 0 Å². The van der Waals surface area contributed by atoms with Gasteiger partial charge in [0.1, 0.15) is 12.7 Å². The number of aliphatic hydroxyl groups excluding tert-OH is 1. The van der Waals surface area contributed by atoms with Gasteiger partial charge in [-0.1, -0.05) is 77.6 Å². The molecule has 0 aromatic carbocycles. The van der Waals surface area contributed by atoms with E-state index in [2.05, 4.69) is 11.4 Å². The maximum absolute atomic E-state index is 11.5. The van der Waals surface area contributed by atoms with Crippen LogP contribution in [0.3, 0.4) is 0 Å². The topological polar surface area (TPSA) is 113 Å². The maximum atomic E-state index is 11.5. The van der Waals surface area contributed by atoms with E-state index in [1.54, 1.807) is 0 Å². The van der Waals surface area contributed by atoms with Gasteiger partial charge in [-0.25, -0.2) is 4.57 Å². The summed E-state index contributed by atoms with van der Waals surface area (Å²) in [5, 5.41) is 9.39. The van der Waals surface area contributed by atoms with E-state index in [0.29, 0.717) is 6.42 Å². The van der Waals surface area contributed by atoms with Crippen molar-refractivity contribution >= 4 is 13.8 Å². The molecule has 3 N–H and O–H groups in total. The van der Waals surface area contributed by atoms with Gasteiger partial charge in [0.25, 0.3) is 0 Å². The van der Waals surface area contributed by atoms with Crippen molar-refractivity contribution in [3.05, 3.63) is 0 Å². The molecule has 0 bridgehead atoms. The molecule has 0 saturated heterocycles. The Morgan fingerprint density at radius 1 is 0.846 bits per heavy atom. The van der Waals surface area contributed by atoms with Crippen LogP contribution in [0.2, 0.25) is 0 Å². The summed E-state index contributed by atoms with van der Waals surface area (Å²) in [6.07, 6.45) is 13.7. The molecule has 0 aliphatic heterocycles. The molecular weight excluding hydrogens is 359 g/mol. The number of ether oxygens (including phenoxy) is 1. The average molecular weight is 396 g/mol. The van der Waals surface area contributed by atoms with Crippen LogP contribution in [0.1, 0.15) is 90.4 Å². The summed E-state index contributed by atoms with van der Waals surface area (Å²) < 4.78 is 19.4. The quantitative estimate of drug-likeness (QED) is 0.182. The lowest BCUT2D eigenvalue weighted by Gasteiger charge is -2.12. The van der Waals surface area contributed by atoms with Crippen LogP contribution in [-0.4, -0.2) is 40.2 Å². The second-order valence-corrected chi connectivity index (χ2v) is 8.00. The minimum Gasteiger partial charge on any atom is -0.463 e. The second-order valence-electron chi connectivity index (χ2n) is 6.76. The standard InChI is InChI=1S/C18H37O7P/c1-2-3-4-5-6-7-8-9-10-11-12-13-14-18(20)24-15-17(19)16-25-26(21,22)23/h17,19H,2-16H2,1H3,(H2,21,22,23)/t17-/m1/s1. The summed E-state index contributed by atoms with van der Waals surface area (Å²) in [5.74, 6) is -0.410. The van der Waals surface area contributed by atoms with Gasteiger partial charge in [0.15, 0.2) is 0 Å². The molecule has 0 saturated carbocycles. The van der Waals surface area contributed by atoms with Crippen LogP contribution in [0.5, 0.6) is 0 Å². The average Bonchev–Trinajstić information content (AvgIpc) is 2.58. The van der Waals surface area contributed by atoms with Crippen molar-refractivity contribution < 1.29 is 33.5 Å². The lowest BCUT2D eigenvalue weighted by Crippen LogP contribution is -2.23. The zero-order chi connectivity index (χ0) is 19.7. The van der Waals surface area contributed by atoms with Crippen LogP contribution < -0.4 is 0 Å². The van der Waals surface area contributed by atoms with Crippen molar-refractivity contribution in [2.24, 2.45) is 0 Å². The summed E-state index contributed by atoms with van der Waals surface area (Å²) in [7, 11) is -4.61. The molecule has 0 fully saturated rings. The van der Waals surface area contributed by atoms with E-state index < -0.39 is 26.5 Å². The van der Waals surface area contributed by atoms with Gasteiger partial charge in [-0.2, -0.15) is 0 Å². The minimum atomic E-state index is -4.61. The summed E-state index contributed by atoms with van der Waals surface area (Å²) in [6, 6.07) is 0. The SMILES string of the molecule is CCCCCCCCCCCCCCC(=O)OC[C@@H](O)COP(=O)(O)O. The zero-order valence-corrected chi connectivity index (χ0v) is 17.0. The van der Waals surface area contributed by atoms with Crippen LogP contribution >= 0.6 is 7.82 Å². The van der Waals surface area contributed by atoms with E-state index in [9.17, 15) is 14.5 Å². The third-order valence-corrected chi connectivity index (χ3v) is 4.59. The summed E-state index contributed by atoms with van der Waals surface area (Å²) in [5.41, 5.74) is 0. The first-order valence-electron chi connectivity index (χ1n) is 9.89. The minimum absolute atomic E-state index is 0.295. The number of aliphatic hydroxyl groups is 1. The molecule has 0 aromatic heterocycles. The molecular formula is C18H37O7P. The van der Waals surface area contributed by atoms with Crippen molar-refractivity contribution in [1.82, 2.24) is 0 Å². The van der Waals surface area contributed by atoms with E-state index >= 15 is 0 Å². The fraction of sp³-hybridized carbons (Fsp3) is 0.944. The van der Waals surface area contributed by atoms with E-state index in [0.717, 1.165) is 19.3 Å². The monoisotopic (exact) mass is 396 g/mol. The molecule has 0 aliphatic carbocycles. The Bertz CT molecular complexity index is 384. The van der Waals surface area contributed by atoms with Gasteiger partial charge in [0.05, 0.1) is 6.61 Å². The molecule has 0 spiro atoms. The largest absolute Gasteiger partial charge is 0.469 e. The molecule has 7 nitrogen and oxygen atoms in total. The fourth-order valence-corrected chi connectivity index (χ4v) is 2.97. The molecule has 26 heavy (non-hydrogen) atoms. The van der Waals surface area contributed by atoms with Gasteiger partial charge < -0.3 is 19.6 Å². The lowest BCUT2D eigenvalue weighted by molar-refractivity contribution is -0.147. The number of unbranched alkanes of at least 4 members (excludes halogenated alkanes) is 11. The highest BCUT2D eigenvalue weighted by molar-refractivity contribution is 7.46. The van der Waals surface area contributed by atoms with Crippen LogP contribution in [0.4, 0.5) is 0 Å². The van der Waals surface area contributed by atoms with Gasteiger partial charge in [0.2, 0.25) is 0 Å². The Morgan fingerprint density at radius 2 is 1.31 bits per heavy atom. The Hall–Kier alpha value is -0.460. The predicted octanol–water partition coefficient (Wildman–Crippen LogP) is 4.09. The van der Waals surface area contributed by atoms with Crippen molar-refractivity contribution in [2.45, 2.75) is 96.5 Å². The van der Waals surface area contributed by atoms with E-state index in [-0.39, 0.29) is 6.61 Å². The molecule has 0 amide bonds. The number of carbonyl (C=O) groups excluding carboxylic acids is 1. The van der Waals surface area contributed by atoms with E-state index in [4.69, 9.17) is 14.5 Å². The predicted molar refractivity (Wildman–Crippen MR) is 101 cm³/mol. The zero-order valence-electron chi connectivity index (χ0n) is 16.1. The molecule has 156 valence electrons. The number of hydrogen-bond donors (Lipinski definition) is 3. The smallest absolute Gasteiger partial charge is 0.463 e. The van der Waals surface area contributed by atoms with Crippen LogP contribution in [0.25, 0.3) is 0 Å². The van der Waals surface area contributed by atoms with Gasteiger partial charge in [0, 0.05) is 6.42 Å².